The minimum absolute atomic E-state index is 0.259. The average Bonchev–Trinajstić information content (AvgIpc) is 2.12. The number of likely N-dealkylation sites (N-methyl/N-ethyl adjacent to an activating group) is 1. The summed E-state index contributed by atoms with van der Waals surface area (Å²) in [6, 6.07) is -0.259. The van der Waals surface area contributed by atoms with Crippen molar-refractivity contribution >= 4 is 6.29 Å². The van der Waals surface area contributed by atoms with Crippen LogP contribution in [0.1, 0.15) is 6.42 Å². The third-order valence-corrected chi connectivity index (χ3v) is 1.82. The molecule has 0 aromatic carbocycles. The molecule has 1 rings (SSSR count). The van der Waals surface area contributed by atoms with Crippen molar-refractivity contribution in [3.05, 3.63) is 0 Å². The highest BCUT2D eigenvalue weighted by molar-refractivity contribution is 5.59. The van der Waals surface area contributed by atoms with Crippen molar-refractivity contribution in [1.82, 2.24) is 4.90 Å². The Morgan fingerprint density at radius 3 is 2.67 bits per heavy atom. The zero-order valence-corrected chi connectivity index (χ0v) is 5.45. The van der Waals surface area contributed by atoms with Crippen molar-refractivity contribution in [2.75, 3.05) is 13.6 Å². The standard InChI is InChI=1S/C6H11NO2/c1-7-3-2-6(9)5(7)4-8/h4-6,9H,2-3H2,1H3/t5-,6+/m1/s1. The van der Waals surface area contributed by atoms with E-state index in [2.05, 4.69) is 0 Å². The molecule has 9 heavy (non-hydrogen) atoms. The maximum Gasteiger partial charge on any atom is 0.139 e. The predicted molar refractivity (Wildman–Crippen MR) is 33.1 cm³/mol. The molecular formula is C6H11NO2. The van der Waals surface area contributed by atoms with Gasteiger partial charge in [0.1, 0.15) is 6.29 Å². The van der Waals surface area contributed by atoms with Gasteiger partial charge in [-0.15, -0.1) is 0 Å². The van der Waals surface area contributed by atoms with Gasteiger partial charge in [0.2, 0.25) is 0 Å². The van der Waals surface area contributed by atoms with Crippen LogP contribution in [0, 0.1) is 0 Å². The Hall–Kier alpha value is -0.410. The van der Waals surface area contributed by atoms with Gasteiger partial charge < -0.3 is 9.90 Å². The van der Waals surface area contributed by atoms with E-state index in [1.807, 2.05) is 11.9 Å². The largest absolute Gasteiger partial charge is 0.391 e. The molecule has 0 saturated carbocycles. The molecule has 3 nitrogen and oxygen atoms in total. The number of aldehydes is 1. The van der Waals surface area contributed by atoms with Crippen molar-refractivity contribution in [2.24, 2.45) is 0 Å². The summed E-state index contributed by atoms with van der Waals surface area (Å²) in [5, 5.41) is 9.09. The Morgan fingerprint density at radius 1 is 1.78 bits per heavy atom. The van der Waals surface area contributed by atoms with Gasteiger partial charge in [0, 0.05) is 6.54 Å². The van der Waals surface area contributed by atoms with Gasteiger partial charge in [-0.1, -0.05) is 0 Å². The van der Waals surface area contributed by atoms with Crippen molar-refractivity contribution in [2.45, 2.75) is 18.6 Å². The van der Waals surface area contributed by atoms with Crippen LogP contribution in [0.4, 0.5) is 0 Å². The summed E-state index contributed by atoms with van der Waals surface area (Å²) in [4.78, 5) is 12.1. The van der Waals surface area contributed by atoms with Crippen LogP contribution in [0.25, 0.3) is 0 Å². The fourth-order valence-electron chi connectivity index (χ4n) is 1.14. The van der Waals surface area contributed by atoms with Crippen LogP contribution in [-0.4, -0.2) is 42.0 Å². The lowest BCUT2D eigenvalue weighted by Gasteiger charge is -2.13. The first-order valence-electron chi connectivity index (χ1n) is 3.09. The van der Waals surface area contributed by atoms with Crippen LogP contribution in [0.3, 0.4) is 0 Å². The maximum absolute atomic E-state index is 10.2. The first-order chi connectivity index (χ1) is 4.25. The first-order valence-corrected chi connectivity index (χ1v) is 3.09. The number of carbonyl (C=O) groups is 1. The molecular weight excluding hydrogens is 118 g/mol. The van der Waals surface area contributed by atoms with E-state index in [-0.39, 0.29) is 6.04 Å². The van der Waals surface area contributed by atoms with Crippen LogP contribution in [0.5, 0.6) is 0 Å². The summed E-state index contributed by atoms with van der Waals surface area (Å²) in [7, 11) is 1.84. The van der Waals surface area contributed by atoms with E-state index in [4.69, 9.17) is 5.11 Å². The van der Waals surface area contributed by atoms with Crippen molar-refractivity contribution in [1.29, 1.82) is 0 Å². The molecule has 0 aliphatic carbocycles. The molecule has 0 unspecified atom stereocenters. The van der Waals surface area contributed by atoms with Crippen LogP contribution < -0.4 is 0 Å². The molecule has 0 aromatic rings. The SMILES string of the molecule is CN1CC[C@H](O)[C@H]1C=O. The minimum Gasteiger partial charge on any atom is -0.391 e. The van der Waals surface area contributed by atoms with Crippen LogP contribution in [0.2, 0.25) is 0 Å². The molecule has 1 aliphatic heterocycles. The number of nitrogens with zero attached hydrogens (tertiary/aromatic N) is 1. The second-order valence-electron chi connectivity index (χ2n) is 2.46. The molecule has 1 N–H and O–H groups in total. The van der Waals surface area contributed by atoms with Gasteiger partial charge >= 0.3 is 0 Å². The molecule has 1 saturated heterocycles. The zero-order valence-electron chi connectivity index (χ0n) is 5.45. The first kappa shape index (κ1) is 6.71. The number of aliphatic hydroxyl groups excluding tert-OH is 1. The maximum atomic E-state index is 10.2. The van der Waals surface area contributed by atoms with E-state index < -0.39 is 6.10 Å². The molecule has 1 heterocycles. The summed E-state index contributed by atoms with van der Waals surface area (Å²) in [5.74, 6) is 0. The highest BCUT2D eigenvalue weighted by atomic mass is 16.3. The van der Waals surface area contributed by atoms with E-state index in [9.17, 15) is 4.79 Å². The van der Waals surface area contributed by atoms with E-state index in [0.717, 1.165) is 19.3 Å². The summed E-state index contributed by atoms with van der Waals surface area (Å²) < 4.78 is 0. The fraction of sp³-hybridized carbons (Fsp3) is 0.833. The number of hydrogen-bond donors (Lipinski definition) is 1. The number of rotatable bonds is 1. The molecule has 0 bridgehead atoms. The van der Waals surface area contributed by atoms with E-state index in [1.165, 1.54) is 0 Å². The number of likely N-dealkylation sites (tertiary alicyclic amines) is 1. The fourth-order valence-corrected chi connectivity index (χ4v) is 1.14. The molecule has 52 valence electrons. The van der Waals surface area contributed by atoms with Crippen molar-refractivity contribution in [3.8, 4) is 0 Å². The van der Waals surface area contributed by atoms with Gasteiger partial charge in [-0.25, -0.2) is 0 Å². The van der Waals surface area contributed by atoms with Gasteiger partial charge in [0.05, 0.1) is 12.1 Å². The Morgan fingerprint density at radius 2 is 2.44 bits per heavy atom. The van der Waals surface area contributed by atoms with Crippen molar-refractivity contribution in [3.63, 3.8) is 0 Å². The highest BCUT2D eigenvalue weighted by Crippen LogP contribution is 2.12. The Bertz CT molecular complexity index is 106. The van der Waals surface area contributed by atoms with Gasteiger partial charge in [-0.05, 0) is 13.5 Å². The number of aliphatic hydroxyl groups is 1. The molecule has 1 fully saturated rings. The van der Waals surface area contributed by atoms with E-state index >= 15 is 0 Å². The number of carbonyl (C=O) groups excluding carboxylic acids is 1. The summed E-state index contributed by atoms with van der Waals surface area (Å²) in [6.07, 6.45) is 1.09. The minimum atomic E-state index is -0.438. The lowest BCUT2D eigenvalue weighted by atomic mass is 10.2. The van der Waals surface area contributed by atoms with Gasteiger partial charge in [0.15, 0.2) is 0 Å². The van der Waals surface area contributed by atoms with Gasteiger partial charge in [-0.3, -0.25) is 4.90 Å². The van der Waals surface area contributed by atoms with Gasteiger partial charge in [0.25, 0.3) is 0 Å². The topological polar surface area (TPSA) is 40.5 Å². The average molecular weight is 129 g/mol. The van der Waals surface area contributed by atoms with E-state index in [1.54, 1.807) is 0 Å². The second kappa shape index (κ2) is 2.45. The lowest BCUT2D eigenvalue weighted by Crippen LogP contribution is -2.33. The molecule has 0 aromatic heterocycles. The molecule has 2 atom stereocenters. The molecule has 1 aliphatic rings. The Labute approximate surface area is 54.3 Å². The van der Waals surface area contributed by atoms with Crippen molar-refractivity contribution < 1.29 is 9.90 Å². The highest BCUT2D eigenvalue weighted by Gasteiger charge is 2.29. The second-order valence-corrected chi connectivity index (χ2v) is 2.46. The van der Waals surface area contributed by atoms with Crippen LogP contribution in [-0.2, 0) is 4.79 Å². The Balaban J connectivity index is 2.54. The summed E-state index contributed by atoms with van der Waals surface area (Å²) in [6.45, 7) is 0.824. The molecule has 0 spiro atoms. The van der Waals surface area contributed by atoms with E-state index in [0.29, 0.717) is 0 Å². The molecule has 3 heteroatoms. The Kier molecular flexibility index (Phi) is 1.83. The summed E-state index contributed by atoms with van der Waals surface area (Å²) >= 11 is 0. The number of hydrogen-bond acceptors (Lipinski definition) is 3. The van der Waals surface area contributed by atoms with Gasteiger partial charge in [-0.2, -0.15) is 0 Å². The third kappa shape index (κ3) is 1.11. The van der Waals surface area contributed by atoms with Crippen LogP contribution >= 0.6 is 0 Å². The quantitative estimate of drug-likeness (QED) is 0.473. The molecule has 0 amide bonds. The normalized spacial score (nSPS) is 37.1. The monoisotopic (exact) mass is 129 g/mol. The third-order valence-electron chi connectivity index (χ3n) is 1.82. The zero-order chi connectivity index (χ0) is 6.85. The smallest absolute Gasteiger partial charge is 0.139 e. The molecule has 0 radical (unpaired) electrons. The summed E-state index contributed by atoms with van der Waals surface area (Å²) in [5.41, 5.74) is 0. The van der Waals surface area contributed by atoms with Crippen LogP contribution in [0.15, 0.2) is 0 Å². The lowest BCUT2D eigenvalue weighted by molar-refractivity contribution is -0.113. The predicted octanol–water partition coefficient (Wildman–Crippen LogP) is -0.750.